The molecular weight excluding hydrogens is 190 g/mol. The number of imide groups is 1. The van der Waals surface area contributed by atoms with E-state index in [0.29, 0.717) is 6.54 Å². The van der Waals surface area contributed by atoms with E-state index in [2.05, 4.69) is 5.32 Å². The van der Waals surface area contributed by atoms with Crippen molar-refractivity contribution in [2.45, 2.75) is 13.0 Å². The van der Waals surface area contributed by atoms with Gasteiger partial charge in [0.1, 0.15) is 0 Å². The topological polar surface area (TPSA) is 75.4 Å². The molecule has 6 heteroatoms. The Bertz CT molecular complexity index is 264. The number of carbonyl (C=O) groups excluding carboxylic acids is 2. The van der Waals surface area contributed by atoms with E-state index in [1.165, 1.54) is 0 Å². The number of hydrogen-bond acceptors (Lipinski definition) is 4. The van der Waals surface area contributed by atoms with Gasteiger partial charge in [-0.05, 0) is 6.92 Å². The van der Waals surface area contributed by atoms with E-state index in [4.69, 9.17) is 18.0 Å². The van der Waals surface area contributed by atoms with Crippen LogP contribution in [0, 0.1) is 0 Å². The number of hydrogen-bond donors (Lipinski definition) is 2. The smallest absolute Gasteiger partial charge is 0.243 e. The van der Waals surface area contributed by atoms with Crippen molar-refractivity contribution < 1.29 is 9.59 Å². The lowest BCUT2D eigenvalue weighted by molar-refractivity contribution is -0.138. The van der Waals surface area contributed by atoms with Crippen LogP contribution in [0.15, 0.2) is 0 Å². The maximum atomic E-state index is 11.1. The summed E-state index contributed by atoms with van der Waals surface area (Å²) >= 11 is 4.70. The quantitative estimate of drug-likeness (QED) is 0.425. The van der Waals surface area contributed by atoms with Gasteiger partial charge in [-0.1, -0.05) is 12.2 Å². The molecule has 0 aromatic heterocycles. The summed E-state index contributed by atoms with van der Waals surface area (Å²) in [6.07, 6.45) is 0. The highest BCUT2D eigenvalue weighted by Crippen LogP contribution is 2.03. The summed E-state index contributed by atoms with van der Waals surface area (Å²) in [5.41, 5.74) is 5.32. The second kappa shape index (κ2) is 3.80. The first kappa shape index (κ1) is 10.1. The number of nitrogens with zero attached hydrogens (tertiary/aromatic N) is 1. The van der Waals surface area contributed by atoms with Crippen molar-refractivity contribution in [3.63, 3.8) is 0 Å². The predicted octanol–water partition coefficient (Wildman–Crippen LogP) is -1.38. The summed E-state index contributed by atoms with van der Waals surface area (Å²) in [6.45, 7) is 2.18. The van der Waals surface area contributed by atoms with Crippen molar-refractivity contribution in [2.75, 3.05) is 13.1 Å². The molecule has 1 rings (SSSR count). The normalized spacial score (nSPS) is 24.2. The van der Waals surface area contributed by atoms with Crippen LogP contribution in [0.25, 0.3) is 0 Å². The van der Waals surface area contributed by atoms with Crippen molar-refractivity contribution in [1.29, 1.82) is 0 Å². The Morgan fingerprint density at radius 2 is 2.38 bits per heavy atom. The van der Waals surface area contributed by atoms with Crippen LogP contribution in [-0.4, -0.2) is 40.8 Å². The minimum Gasteiger partial charge on any atom is -0.392 e. The van der Waals surface area contributed by atoms with Gasteiger partial charge in [0.15, 0.2) is 0 Å². The SMILES string of the molecule is CC1C(=O)NC(=O)CN1CC(N)=S. The summed E-state index contributed by atoms with van der Waals surface area (Å²) in [6, 6.07) is -0.348. The number of nitrogens with one attached hydrogen (secondary N) is 1. The largest absolute Gasteiger partial charge is 0.392 e. The van der Waals surface area contributed by atoms with Crippen LogP contribution in [0.3, 0.4) is 0 Å². The highest BCUT2D eigenvalue weighted by molar-refractivity contribution is 7.80. The van der Waals surface area contributed by atoms with Gasteiger partial charge in [0.05, 0.1) is 17.6 Å². The van der Waals surface area contributed by atoms with E-state index in [1.54, 1.807) is 11.8 Å². The van der Waals surface area contributed by atoms with E-state index < -0.39 is 0 Å². The molecule has 0 aliphatic carbocycles. The Morgan fingerprint density at radius 1 is 1.77 bits per heavy atom. The molecule has 0 radical (unpaired) electrons. The minimum atomic E-state index is -0.348. The Balaban J connectivity index is 2.66. The van der Waals surface area contributed by atoms with Gasteiger partial charge in [0.25, 0.3) is 0 Å². The van der Waals surface area contributed by atoms with Gasteiger partial charge in [-0.2, -0.15) is 0 Å². The van der Waals surface area contributed by atoms with Gasteiger partial charge in [-0.3, -0.25) is 19.8 Å². The van der Waals surface area contributed by atoms with Gasteiger partial charge < -0.3 is 5.73 Å². The van der Waals surface area contributed by atoms with Crippen LogP contribution in [0.2, 0.25) is 0 Å². The molecule has 1 atom stereocenters. The fraction of sp³-hybridized carbons (Fsp3) is 0.571. The Morgan fingerprint density at radius 3 is 2.92 bits per heavy atom. The maximum absolute atomic E-state index is 11.1. The first-order valence-electron chi connectivity index (χ1n) is 3.86. The third-order valence-electron chi connectivity index (χ3n) is 1.90. The molecule has 0 aromatic carbocycles. The molecule has 1 heterocycles. The average Bonchev–Trinajstić information content (AvgIpc) is 1.98. The molecule has 1 aliphatic heterocycles. The van der Waals surface area contributed by atoms with E-state index in [-0.39, 0.29) is 29.4 Å². The molecule has 13 heavy (non-hydrogen) atoms. The van der Waals surface area contributed by atoms with Gasteiger partial charge >= 0.3 is 0 Å². The van der Waals surface area contributed by atoms with Crippen LogP contribution < -0.4 is 11.1 Å². The number of piperazine rings is 1. The average molecular weight is 201 g/mol. The molecule has 0 aromatic rings. The summed E-state index contributed by atoms with van der Waals surface area (Å²) in [4.78, 5) is 24.0. The second-order valence-electron chi connectivity index (χ2n) is 2.96. The number of amides is 2. The molecular formula is C7H11N3O2S. The molecule has 3 N–H and O–H groups in total. The van der Waals surface area contributed by atoms with E-state index in [9.17, 15) is 9.59 Å². The summed E-state index contributed by atoms with van der Waals surface area (Å²) in [5, 5.41) is 2.23. The first-order valence-corrected chi connectivity index (χ1v) is 4.27. The second-order valence-corrected chi connectivity index (χ2v) is 3.48. The number of carbonyl (C=O) groups is 2. The van der Waals surface area contributed by atoms with Crippen molar-refractivity contribution in [3.05, 3.63) is 0 Å². The van der Waals surface area contributed by atoms with Gasteiger partial charge in [-0.15, -0.1) is 0 Å². The molecule has 1 saturated heterocycles. The van der Waals surface area contributed by atoms with Crippen molar-refractivity contribution in [3.8, 4) is 0 Å². The predicted molar refractivity (Wildman–Crippen MR) is 51.0 cm³/mol. The van der Waals surface area contributed by atoms with Crippen LogP contribution in [0.1, 0.15) is 6.92 Å². The zero-order chi connectivity index (χ0) is 10.0. The third kappa shape index (κ3) is 2.46. The zero-order valence-electron chi connectivity index (χ0n) is 7.24. The standard InChI is InChI=1S/C7H11N3O2S/c1-4-7(12)9-6(11)3-10(4)2-5(8)13/h4H,2-3H2,1H3,(H2,8,13)(H,9,11,12). The maximum Gasteiger partial charge on any atom is 0.243 e. The fourth-order valence-electron chi connectivity index (χ4n) is 1.16. The molecule has 1 aliphatic rings. The minimum absolute atomic E-state index is 0.171. The lowest BCUT2D eigenvalue weighted by atomic mass is 10.2. The van der Waals surface area contributed by atoms with Crippen molar-refractivity contribution in [2.24, 2.45) is 5.73 Å². The first-order chi connectivity index (χ1) is 6.00. The van der Waals surface area contributed by atoms with Crippen LogP contribution in [0.4, 0.5) is 0 Å². The summed E-state index contributed by atoms with van der Waals surface area (Å²) in [7, 11) is 0. The zero-order valence-corrected chi connectivity index (χ0v) is 8.06. The monoisotopic (exact) mass is 201 g/mol. The van der Waals surface area contributed by atoms with Gasteiger partial charge in [-0.25, -0.2) is 0 Å². The van der Waals surface area contributed by atoms with Crippen molar-refractivity contribution in [1.82, 2.24) is 10.2 Å². The summed E-state index contributed by atoms with van der Waals surface area (Å²) < 4.78 is 0. The van der Waals surface area contributed by atoms with Gasteiger partial charge in [0.2, 0.25) is 11.8 Å². The van der Waals surface area contributed by atoms with Gasteiger partial charge in [0, 0.05) is 6.54 Å². The molecule has 1 unspecified atom stereocenters. The molecule has 0 bridgehead atoms. The van der Waals surface area contributed by atoms with Crippen LogP contribution >= 0.6 is 12.2 Å². The van der Waals surface area contributed by atoms with Crippen LogP contribution in [-0.2, 0) is 9.59 Å². The Labute approximate surface area is 81.3 Å². The molecule has 72 valence electrons. The lowest BCUT2D eigenvalue weighted by Gasteiger charge is -2.30. The van der Waals surface area contributed by atoms with E-state index in [0.717, 1.165) is 0 Å². The number of rotatable bonds is 2. The highest BCUT2D eigenvalue weighted by atomic mass is 32.1. The van der Waals surface area contributed by atoms with E-state index in [1.807, 2.05) is 0 Å². The third-order valence-corrected chi connectivity index (χ3v) is 2.02. The lowest BCUT2D eigenvalue weighted by Crippen LogP contribution is -2.58. The van der Waals surface area contributed by atoms with Crippen LogP contribution in [0.5, 0.6) is 0 Å². The molecule has 1 fully saturated rings. The highest BCUT2D eigenvalue weighted by Gasteiger charge is 2.29. The summed E-state index contributed by atoms with van der Waals surface area (Å²) in [5.74, 6) is -0.605. The van der Waals surface area contributed by atoms with Crippen molar-refractivity contribution >= 4 is 29.0 Å². The Kier molecular flexibility index (Phi) is 2.94. The molecule has 5 nitrogen and oxygen atoms in total. The number of nitrogens with two attached hydrogens (primary N) is 1. The van der Waals surface area contributed by atoms with E-state index >= 15 is 0 Å². The molecule has 2 amide bonds. The molecule has 0 spiro atoms. The Hall–Kier alpha value is -1.01. The number of thiocarbonyl (C=S) groups is 1. The molecule has 0 saturated carbocycles. The fourth-order valence-corrected chi connectivity index (χ4v) is 1.33.